The summed E-state index contributed by atoms with van der Waals surface area (Å²) in [6, 6.07) is 11.4. The van der Waals surface area contributed by atoms with Crippen LogP contribution in [0.3, 0.4) is 0 Å². The lowest BCUT2D eigenvalue weighted by Gasteiger charge is -2.09. The van der Waals surface area contributed by atoms with Gasteiger partial charge < -0.3 is 0 Å². The maximum atomic E-state index is 5.99. The SMILES string of the molecule is [B]C(c1ccccn1)c1ccccn1. The Morgan fingerprint density at radius 3 is 1.71 bits per heavy atom. The quantitative estimate of drug-likeness (QED) is 0.657. The van der Waals surface area contributed by atoms with E-state index >= 15 is 0 Å². The van der Waals surface area contributed by atoms with E-state index in [1.54, 1.807) is 12.4 Å². The number of nitrogens with zero attached hydrogens (tertiary/aromatic N) is 2. The number of hydrogen-bond donors (Lipinski definition) is 0. The fourth-order valence-electron chi connectivity index (χ4n) is 1.27. The van der Waals surface area contributed by atoms with Gasteiger partial charge in [0.1, 0.15) is 0 Å². The first-order valence-corrected chi connectivity index (χ1v) is 4.45. The monoisotopic (exact) mass is 180 g/mol. The lowest BCUT2D eigenvalue weighted by molar-refractivity contribution is 0.978. The summed E-state index contributed by atoms with van der Waals surface area (Å²) in [6.45, 7) is 0. The molecule has 0 aliphatic rings. The Hall–Kier alpha value is -1.64. The summed E-state index contributed by atoms with van der Waals surface area (Å²) in [4.78, 5) is 8.38. The van der Waals surface area contributed by atoms with E-state index < -0.39 is 0 Å². The molecule has 2 aromatic rings. The second-order valence-electron chi connectivity index (χ2n) is 2.99. The zero-order valence-corrected chi connectivity index (χ0v) is 7.67. The Morgan fingerprint density at radius 2 is 1.36 bits per heavy atom. The van der Waals surface area contributed by atoms with Crippen LogP contribution in [0.1, 0.15) is 17.2 Å². The van der Waals surface area contributed by atoms with Crippen LogP contribution in [0.5, 0.6) is 0 Å². The first kappa shape index (κ1) is 8.94. The molecule has 0 saturated carbocycles. The molecule has 0 spiro atoms. The van der Waals surface area contributed by atoms with Crippen molar-refractivity contribution in [3.8, 4) is 0 Å². The van der Waals surface area contributed by atoms with Gasteiger partial charge in [-0.05, 0) is 24.3 Å². The van der Waals surface area contributed by atoms with Gasteiger partial charge in [0.15, 0.2) is 0 Å². The smallest absolute Gasteiger partial charge is 0.0871 e. The van der Waals surface area contributed by atoms with Crippen LogP contribution in [0.15, 0.2) is 48.8 Å². The van der Waals surface area contributed by atoms with Gasteiger partial charge in [0.05, 0.1) is 7.85 Å². The maximum Gasteiger partial charge on any atom is 0.0871 e. The van der Waals surface area contributed by atoms with Gasteiger partial charge in [0.2, 0.25) is 0 Å². The van der Waals surface area contributed by atoms with Crippen LogP contribution in [0.2, 0.25) is 0 Å². The van der Waals surface area contributed by atoms with Gasteiger partial charge in [0.25, 0.3) is 0 Å². The highest BCUT2D eigenvalue weighted by atomic mass is 14.7. The topological polar surface area (TPSA) is 25.8 Å². The molecular weight excluding hydrogens is 171 g/mol. The molecule has 0 aromatic carbocycles. The molecule has 0 amide bonds. The minimum atomic E-state index is -0.239. The molecule has 2 nitrogen and oxygen atoms in total. The van der Waals surface area contributed by atoms with Crippen molar-refractivity contribution in [3.63, 3.8) is 0 Å². The minimum Gasteiger partial charge on any atom is -0.261 e. The van der Waals surface area contributed by atoms with Crippen molar-refractivity contribution < 1.29 is 0 Å². The van der Waals surface area contributed by atoms with Crippen LogP contribution in [0.25, 0.3) is 0 Å². The summed E-state index contributed by atoms with van der Waals surface area (Å²) in [7, 11) is 5.99. The summed E-state index contributed by atoms with van der Waals surface area (Å²) < 4.78 is 0. The summed E-state index contributed by atoms with van der Waals surface area (Å²) >= 11 is 0. The zero-order valence-electron chi connectivity index (χ0n) is 7.67. The van der Waals surface area contributed by atoms with Crippen LogP contribution >= 0.6 is 0 Å². The average Bonchev–Trinajstić information content (AvgIpc) is 2.30. The fraction of sp³-hybridized carbons (Fsp3) is 0.0909. The lowest BCUT2D eigenvalue weighted by atomic mass is 9.81. The average molecular weight is 180 g/mol. The second kappa shape index (κ2) is 4.05. The third-order valence-electron chi connectivity index (χ3n) is 2.01. The van der Waals surface area contributed by atoms with Crippen molar-refractivity contribution in [1.29, 1.82) is 0 Å². The van der Waals surface area contributed by atoms with Crippen LogP contribution < -0.4 is 0 Å². The van der Waals surface area contributed by atoms with E-state index in [1.807, 2.05) is 36.4 Å². The van der Waals surface area contributed by atoms with E-state index in [0.29, 0.717) is 0 Å². The zero-order chi connectivity index (χ0) is 9.80. The number of rotatable bonds is 2. The molecule has 66 valence electrons. The van der Waals surface area contributed by atoms with Gasteiger partial charge in [-0.15, -0.1) is 0 Å². The lowest BCUT2D eigenvalue weighted by Crippen LogP contribution is -2.04. The van der Waals surface area contributed by atoms with Crippen LogP contribution in [0.4, 0.5) is 0 Å². The molecule has 3 heteroatoms. The fourth-order valence-corrected chi connectivity index (χ4v) is 1.27. The predicted octanol–water partition coefficient (Wildman–Crippen LogP) is 1.73. The van der Waals surface area contributed by atoms with Crippen LogP contribution in [-0.2, 0) is 0 Å². The molecule has 14 heavy (non-hydrogen) atoms. The Morgan fingerprint density at radius 1 is 0.857 bits per heavy atom. The first-order valence-electron chi connectivity index (χ1n) is 4.45. The molecule has 0 bridgehead atoms. The molecule has 2 aromatic heterocycles. The second-order valence-corrected chi connectivity index (χ2v) is 2.99. The normalized spacial score (nSPS) is 10.4. The van der Waals surface area contributed by atoms with Gasteiger partial charge in [0, 0.05) is 29.6 Å². The van der Waals surface area contributed by atoms with Crippen LogP contribution in [-0.4, -0.2) is 17.8 Å². The number of aromatic nitrogens is 2. The Labute approximate surface area is 84.4 Å². The largest absolute Gasteiger partial charge is 0.261 e. The number of pyridine rings is 2. The van der Waals surface area contributed by atoms with Crippen LogP contribution in [0, 0.1) is 0 Å². The van der Waals surface area contributed by atoms with E-state index in [4.69, 9.17) is 7.85 Å². The van der Waals surface area contributed by atoms with Crippen molar-refractivity contribution in [2.24, 2.45) is 0 Å². The molecular formula is C11H9BN2. The van der Waals surface area contributed by atoms with Gasteiger partial charge in [-0.3, -0.25) is 9.97 Å². The van der Waals surface area contributed by atoms with Crippen molar-refractivity contribution in [1.82, 2.24) is 9.97 Å². The van der Waals surface area contributed by atoms with Crippen molar-refractivity contribution in [2.45, 2.75) is 5.82 Å². The van der Waals surface area contributed by atoms with Crippen molar-refractivity contribution >= 4 is 7.85 Å². The summed E-state index contributed by atoms with van der Waals surface area (Å²) in [5.74, 6) is -0.239. The summed E-state index contributed by atoms with van der Waals surface area (Å²) in [5.41, 5.74) is 1.68. The summed E-state index contributed by atoms with van der Waals surface area (Å²) in [5, 5.41) is 0. The predicted molar refractivity (Wildman–Crippen MR) is 56.1 cm³/mol. The molecule has 0 atom stereocenters. The van der Waals surface area contributed by atoms with E-state index in [9.17, 15) is 0 Å². The first-order chi connectivity index (χ1) is 6.88. The van der Waals surface area contributed by atoms with Crippen molar-refractivity contribution in [3.05, 3.63) is 60.2 Å². The molecule has 2 rings (SSSR count). The Bertz CT molecular complexity index is 349. The molecule has 0 fully saturated rings. The highest BCUT2D eigenvalue weighted by molar-refractivity contribution is 6.14. The maximum absolute atomic E-state index is 5.99. The van der Waals surface area contributed by atoms with E-state index in [2.05, 4.69) is 9.97 Å². The van der Waals surface area contributed by atoms with E-state index in [0.717, 1.165) is 11.4 Å². The number of hydrogen-bond acceptors (Lipinski definition) is 2. The molecule has 0 saturated heterocycles. The van der Waals surface area contributed by atoms with Gasteiger partial charge in [-0.1, -0.05) is 12.1 Å². The highest BCUT2D eigenvalue weighted by Gasteiger charge is 2.08. The summed E-state index contributed by atoms with van der Waals surface area (Å²) in [6.07, 6.45) is 3.47. The Kier molecular flexibility index (Phi) is 2.59. The van der Waals surface area contributed by atoms with Gasteiger partial charge >= 0.3 is 0 Å². The molecule has 0 unspecified atom stereocenters. The molecule has 0 N–H and O–H groups in total. The Balaban J connectivity index is 2.30. The highest BCUT2D eigenvalue weighted by Crippen LogP contribution is 2.15. The third-order valence-corrected chi connectivity index (χ3v) is 2.01. The molecule has 2 heterocycles. The standard InChI is InChI=1S/C11H9BN2/c12-11(9-5-1-3-7-13-9)10-6-2-4-8-14-10/h1-8,11H. The molecule has 2 radical (unpaired) electrons. The van der Waals surface area contributed by atoms with E-state index in [1.165, 1.54) is 0 Å². The van der Waals surface area contributed by atoms with Crippen molar-refractivity contribution in [2.75, 3.05) is 0 Å². The van der Waals surface area contributed by atoms with E-state index in [-0.39, 0.29) is 5.82 Å². The third kappa shape index (κ3) is 1.82. The van der Waals surface area contributed by atoms with Gasteiger partial charge in [-0.25, -0.2) is 0 Å². The van der Waals surface area contributed by atoms with Gasteiger partial charge in [-0.2, -0.15) is 0 Å². The molecule has 0 aliphatic heterocycles. The molecule has 0 aliphatic carbocycles. The minimum absolute atomic E-state index is 0.239.